The van der Waals surface area contributed by atoms with Gasteiger partial charge in [-0.2, -0.15) is 13.2 Å². The van der Waals surface area contributed by atoms with E-state index in [2.05, 4.69) is 10.1 Å². The third kappa shape index (κ3) is 3.78. The Bertz CT molecular complexity index is 439. The van der Waals surface area contributed by atoms with E-state index in [4.69, 9.17) is 0 Å². The Morgan fingerprint density at radius 1 is 1.00 bits per heavy atom. The number of hydrogen-bond donors (Lipinski definition) is 1. The summed E-state index contributed by atoms with van der Waals surface area (Å²) >= 11 is 0. The maximum atomic E-state index is 13.1. The number of halogens is 6. The molecule has 0 saturated carbocycles. The summed E-state index contributed by atoms with van der Waals surface area (Å²) in [7, 11) is 0. The van der Waals surface area contributed by atoms with Gasteiger partial charge in [-0.3, -0.25) is 0 Å². The lowest BCUT2D eigenvalue weighted by atomic mass is 9.91. The average Bonchev–Trinajstić information content (AvgIpc) is 2.26. The van der Waals surface area contributed by atoms with E-state index in [1.165, 1.54) is 6.92 Å². The Kier molecular flexibility index (Phi) is 4.58. The van der Waals surface area contributed by atoms with E-state index in [1.54, 1.807) is 0 Å². The Morgan fingerprint density at radius 2 is 1.50 bits per heavy atom. The van der Waals surface area contributed by atoms with Gasteiger partial charge in [0.25, 0.3) is 0 Å². The highest BCUT2D eigenvalue weighted by molar-refractivity contribution is 5.33. The van der Waals surface area contributed by atoms with E-state index in [0.29, 0.717) is 0 Å². The third-order valence-electron chi connectivity index (χ3n) is 2.76. The third-order valence-corrected chi connectivity index (χ3v) is 2.76. The zero-order valence-corrected chi connectivity index (χ0v) is 10.7. The van der Waals surface area contributed by atoms with Gasteiger partial charge in [-0.05, 0) is 31.2 Å². The molecule has 2 nitrogen and oxygen atoms in total. The van der Waals surface area contributed by atoms with Gasteiger partial charge in [-0.25, -0.2) is 0 Å². The van der Waals surface area contributed by atoms with Gasteiger partial charge < -0.3 is 10.1 Å². The van der Waals surface area contributed by atoms with Crippen molar-refractivity contribution < 1.29 is 31.1 Å². The fourth-order valence-corrected chi connectivity index (χ4v) is 1.71. The molecule has 0 spiro atoms. The molecule has 0 radical (unpaired) electrons. The quantitative estimate of drug-likeness (QED) is 0.850. The first-order chi connectivity index (χ1) is 8.99. The first-order valence-electron chi connectivity index (χ1n) is 5.67. The first kappa shape index (κ1) is 16.6. The number of alkyl halides is 6. The van der Waals surface area contributed by atoms with E-state index in [-0.39, 0.29) is 12.1 Å². The van der Waals surface area contributed by atoms with Crippen LogP contribution in [0.25, 0.3) is 0 Å². The minimum absolute atomic E-state index is 0.0524. The number of ether oxygens (including phenoxy) is 1. The van der Waals surface area contributed by atoms with E-state index in [9.17, 15) is 26.3 Å². The molecule has 0 aliphatic heterocycles. The highest BCUT2D eigenvalue weighted by Crippen LogP contribution is 2.39. The molecule has 0 amide bonds. The molecular weight excluding hydrogens is 288 g/mol. The summed E-state index contributed by atoms with van der Waals surface area (Å²) < 4.78 is 78.8. The molecule has 1 aromatic carbocycles. The normalized spacial score (nSPS) is 15.8. The largest absolute Gasteiger partial charge is 0.573 e. The second-order valence-electron chi connectivity index (χ2n) is 4.23. The van der Waals surface area contributed by atoms with E-state index in [0.717, 1.165) is 31.2 Å². The predicted octanol–water partition coefficient (Wildman–Crippen LogP) is 3.97. The van der Waals surface area contributed by atoms with E-state index < -0.39 is 23.8 Å². The zero-order chi connectivity index (χ0) is 15.6. The lowest BCUT2D eigenvalue weighted by Crippen LogP contribution is -2.51. The van der Waals surface area contributed by atoms with Gasteiger partial charge in [0.2, 0.25) is 0 Å². The summed E-state index contributed by atoms with van der Waals surface area (Å²) in [6, 6.07) is 3.61. The van der Waals surface area contributed by atoms with Gasteiger partial charge in [0.05, 0.1) is 0 Å². The van der Waals surface area contributed by atoms with Crippen LogP contribution < -0.4 is 10.1 Å². The SMILES string of the molecule is CCNC(C)(c1ccc(OC(F)(F)F)cc1)C(F)(F)F. The minimum atomic E-state index is -4.88. The molecule has 0 heterocycles. The highest BCUT2D eigenvalue weighted by atomic mass is 19.4. The van der Waals surface area contributed by atoms with Crippen LogP contribution in [0.1, 0.15) is 19.4 Å². The Hall–Kier alpha value is -1.44. The van der Waals surface area contributed by atoms with Crippen LogP contribution in [0.3, 0.4) is 0 Å². The van der Waals surface area contributed by atoms with Crippen molar-refractivity contribution in [2.45, 2.75) is 31.9 Å². The molecule has 1 rings (SSSR count). The number of hydrogen-bond acceptors (Lipinski definition) is 2. The summed E-state index contributed by atoms with van der Waals surface area (Å²) in [6.07, 6.45) is -9.47. The molecular formula is C12H13F6NO. The molecule has 114 valence electrons. The van der Waals surface area contributed by atoms with Crippen LogP contribution >= 0.6 is 0 Å². The highest BCUT2D eigenvalue weighted by Gasteiger charge is 2.51. The van der Waals surface area contributed by atoms with Crippen molar-refractivity contribution in [3.05, 3.63) is 29.8 Å². The fraction of sp³-hybridized carbons (Fsp3) is 0.500. The van der Waals surface area contributed by atoms with Crippen molar-refractivity contribution >= 4 is 0 Å². The van der Waals surface area contributed by atoms with Gasteiger partial charge in [-0.15, -0.1) is 13.2 Å². The second-order valence-corrected chi connectivity index (χ2v) is 4.23. The van der Waals surface area contributed by atoms with Gasteiger partial charge in [0.15, 0.2) is 0 Å². The maximum Gasteiger partial charge on any atom is 0.573 e. The number of nitrogens with one attached hydrogen (secondary N) is 1. The smallest absolute Gasteiger partial charge is 0.406 e. The van der Waals surface area contributed by atoms with E-state index in [1.807, 2.05) is 0 Å². The number of rotatable bonds is 4. The predicted molar refractivity (Wildman–Crippen MR) is 60.2 cm³/mol. The Labute approximate surface area is 111 Å². The molecule has 1 atom stereocenters. The summed E-state index contributed by atoms with van der Waals surface area (Å²) in [5, 5.41) is 2.29. The Morgan fingerprint density at radius 3 is 1.85 bits per heavy atom. The van der Waals surface area contributed by atoms with Gasteiger partial charge in [0.1, 0.15) is 11.3 Å². The summed E-state index contributed by atoms with van der Waals surface area (Å²) in [6.45, 7) is 2.48. The van der Waals surface area contributed by atoms with Crippen LogP contribution in [-0.2, 0) is 5.54 Å². The molecule has 0 aliphatic carbocycles. The van der Waals surface area contributed by atoms with Crippen LogP contribution in [-0.4, -0.2) is 19.1 Å². The first-order valence-corrected chi connectivity index (χ1v) is 5.67. The monoisotopic (exact) mass is 301 g/mol. The molecule has 0 aliphatic rings. The van der Waals surface area contributed by atoms with Gasteiger partial charge in [0, 0.05) is 0 Å². The van der Waals surface area contributed by atoms with Crippen molar-refractivity contribution in [3.8, 4) is 5.75 Å². The van der Waals surface area contributed by atoms with Crippen molar-refractivity contribution in [1.82, 2.24) is 5.32 Å². The molecule has 1 unspecified atom stereocenters. The topological polar surface area (TPSA) is 21.3 Å². The van der Waals surface area contributed by atoms with Crippen molar-refractivity contribution in [1.29, 1.82) is 0 Å². The molecule has 20 heavy (non-hydrogen) atoms. The van der Waals surface area contributed by atoms with Crippen molar-refractivity contribution in [3.63, 3.8) is 0 Å². The van der Waals surface area contributed by atoms with Crippen LogP contribution in [0.15, 0.2) is 24.3 Å². The van der Waals surface area contributed by atoms with Crippen LogP contribution in [0.4, 0.5) is 26.3 Å². The fourth-order valence-electron chi connectivity index (χ4n) is 1.71. The van der Waals surface area contributed by atoms with Crippen LogP contribution in [0.5, 0.6) is 5.75 Å². The summed E-state index contributed by atoms with van der Waals surface area (Å²) in [4.78, 5) is 0. The molecule has 1 N–H and O–H groups in total. The second kappa shape index (κ2) is 5.51. The molecule has 1 aromatic rings. The van der Waals surface area contributed by atoms with Crippen molar-refractivity contribution in [2.75, 3.05) is 6.54 Å². The molecule has 0 fully saturated rings. The van der Waals surface area contributed by atoms with Crippen LogP contribution in [0.2, 0.25) is 0 Å². The molecule has 0 saturated heterocycles. The van der Waals surface area contributed by atoms with Gasteiger partial charge >= 0.3 is 12.5 Å². The summed E-state index contributed by atoms with van der Waals surface area (Å²) in [5.41, 5.74) is -2.53. The van der Waals surface area contributed by atoms with E-state index >= 15 is 0 Å². The molecule has 8 heteroatoms. The lowest BCUT2D eigenvalue weighted by Gasteiger charge is -2.33. The van der Waals surface area contributed by atoms with Crippen LogP contribution in [0, 0.1) is 0 Å². The minimum Gasteiger partial charge on any atom is -0.406 e. The van der Waals surface area contributed by atoms with Crippen molar-refractivity contribution in [2.24, 2.45) is 0 Å². The number of benzene rings is 1. The zero-order valence-electron chi connectivity index (χ0n) is 10.7. The molecule has 0 bridgehead atoms. The summed E-state index contributed by atoms with van der Waals surface area (Å²) in [5.74, 6) is -0.567. The van der Waals surface area contributed by atoms with Gasteiger partial charge in [-0.1, -0.05) is 19.1 Å². The maximum absolute atomic E-state index is 13.1. The molecule has 0 aromatic heterocycles. The lowest BCUT2D eigenvalue weighted by molar-refractivity contribution is -0.274. The Balaban J connectivity index is 3.06. The standard InChI is InChI=1S/C12H13F6NO/c1-3-19-10(2,11(13,14)15)8-4-6-9(7-5-8)20-12(16,17)18/h4-7,19H,3H2,1-2H3. The average molecular weight is 301 g/mol.